The van der Waals surface area contributed by atoms with E-state index in [4.69, 9.17) is 46.4 Å². The first-order valence-electron chi connectivity index (χ1n) is 14.4. The Morgan fingerprint density at radius 2 is 1.39 bits per heavy atom. The van der Waals surface area contributed by atoms with Gasteiger partial charge < -0.3 is 10.2 Å². The second-order valence-electron chi connectivity index (χ2n) is 11.1. The van der Waals surface area contributed by atoms with E-state index >= 15 is 0 Å². The summed E-state index contributed by atoms with van der Waals surface area (Å²) in [5.74, 6) is -0.892. The molecule has 0 saturated heterocycles. The molecule has 2 amide bonds. The predicted molar refractivity (Wildman–Crippen MR) is 186 cm³/mol. The summed E-state index contributed by atoms with van der Waals surface area (Å²) in [6.45, 7) is 3.54. The Bertz CT molecular complexity index is 1750. The molecule has 4 aromatic carbocycles. The van der Waals surface area contributed by atoms with Crippen LogP contribution in [0.2, 0.25) is 20.1 Å². The number of hydrogen-bond acceptors (Lipinski definition) is 4. The molecule has 0 aliphatic rings. The number of amides is 2. The van der Waals surface area contributed by atoms with Crippen LogP contribution >= 0.6 is 46.4 Å². The number of rotatable bonds is 13. The maximum absolute atomic E-state index is 14.5. The summed E-state index contributed by atoms with van der Waals surface area (Å²) < 4.78 is 29.1. The van der Waals surface area contributed by atoms with Crippen molar-refractivity contribution in [3.05, 3.63) is 128 Å². The fraction of sp³-hybridized carbons (Fsp3) is 0.235. The highest BCUT2D eigenvalue weighted by molar-refractivity contribution is 7.92. The molecular weight excluding hydrogens is 688 g/mol. The Morgan fingerprint density at radius 3 is 1.98 bits per heavy atom. The third-order valence-corrected chi connectivity index (χ3v) is 9.87. The summed E-state index contributed by atoms with van der Waals surface area (Å²) in [7, 11) is -4.30. The van der Waals surface area contributed by atoms with Gasteiger partial charge in [0, 0.05) is 39.6 Å². The quantitative estimate of drug-likeness (QED) is 0.152. The minimum absolute atomic E-state index is 0.0401. The minimum atomic E-state index is -4.30. The molecule has 46 heavy (non-hydrogen) atoms. The van der Waals surface area contributed by atoms with Crippen LogP contribution in [-0.2, 0) is 32.6 Å². The zero-order valence-electron chi connectivity index (χ0n) is 25.2. The second kappa shape index (κ2) is 16.0. The molecule has 242 valence electrons. The van der Waals surface area contributed by atoms with Crippen molar-refractivity contribution in [2.45, 2.75) is 37.8 Å². The maximum atomic E-state index is 14.5. The van der Waals surface area contributed by atoms with E-state index in [9.17, 15) is 18.0 Å². The van der Waals surface area contributed by atoms with Crippen molar-refractivity contribution in [3.8, 4) is 0 Å². The number of benzene rings is 4. The van der Waals surface area contributed by atoms with Crippen LogP contribution in [0.15, 0.2) is 102 Å². The van der Waals surface area contributed by atoms with Gasteiger partial charge in [0.05, 0.1) is 10.6 Å². The second-order valence-corrected chi connectivity index (χ2v) is 14.6. The van der Waals surface area contributed by atoms with Gasteiger partial charge in [-0.25, -0.2) is 8.42 Å². The highest BCUT2D eigenvalue weighted by Gasteiger charge is 2.35. The molecule has 0 fully saturated rings. The first-order valence-corrected chi connectivity index (χ1v) is 17.4. The molecule has 1 N–H and O–H groups in total. The largest absolute Gasteiger partial charge is 0.354 e. The molecule has 0 aliphatic heterocycles. The molecule has 0 bridgehead atoms. The van der Waals surface area contributed by atoms with Crippen LogP contribution in [0.5, 0.6) is 0 Å². The van der Waals surface area contributed by atoms with Gasteiger partial charge in [0.15, 0.2) is 0 Å². The van der Waals surface area contributed by atoms with Crippen molar-refractivity contribution in [2.24, 2.45) is 5.92 Å². The lowest BCUT2D eigenvalue weighted by Gasteiger charge is -2.34. The lowest BCUT2D eigenvalue weighted by Crippen LogP contribution is -2.53. The molecule has 0 aromatic heterocycles. The van der Waals surface area contributed by atoms with E-state index in [0.29, 0.717) is 22.2 Å². The Labute approximate surface area is 290 Å². The van der Waals surface area contributed by atoms with E-state index < -0.39 is 28.5 Å². The molecule has 0 saturated carbocycles. The zero-order chi connectivity index (χ0) is 33.4. The van der Waals surface area contributed by atoms with E-state index in [2.05, 4.69) is 5.32 Å². The number of sulfonamides is 1. The van der Waals surface area contributed by atoms with Gasteiger partial charge in [0.1, 0.15) is 12.6 Å². The fourth-order valence-electron chi connectivity index (χ4n) is 4.74. The van der Waals surface area contributed by atoms with Gasteiger partial charge >= 0.3 is 0 Å². The van der Waals surface area contributed by atoms with Crippen molar-refractivity contribution >= 4 is 73.9 Å². The Morgan fingerprint density at radius 1 is 0.783 bits per heavy atom. The molecule has 4 rings (SSSR count). The number of carbonyl (C=O) groups excluding carboxylic acids is 2. The average Bonchev–Trinajstić information content (AvgIpc) is 3.01. The lowest BCUT2D eigenvalue weighted by molar-refractivity contribution is -0.140. The van der Waals surface area contributed by atoms with E-state index in [0.717, 1.165) is 9.87 Å². The van der Waals surface area contributed by atoms with Crippen LogP contribution in [-0.4, -0.2) is 44.3 Å². The molecule has 0 heterocycles. The van der Waals surface area contributed by atoms with Crippen LogP contribution in [0.4, 0.5) is 5.69 Å². The number of nitrogens with zero attached hydrogens (tertiary/aromatic N) is 2. The van der Waals surface area contributed by atoms with Gasteiger partial charge in [-0.15, -0.1) is 0 Å². The van der Waals surface area contributed by atoms with Crippen LogP contribution in [0.3, 0.4) is 0 Å². The van der Waals surface area contributed by atoms with E-state index in [1.54, 1.807) is 36.4 Å². The molecule has 0 aliphatic carbocycles. The van der Waals surface area contributed by atoms with Crippen molar-refractivity contribution in [3.63, 3.8) is 0 Å². The predicted octanol–water partition coefficient (Wildman–Crippen LogP) is 7.91. The molecule has 1 atom stereocenters. The van der Waals surface area contributed by atoms with Gasteiger partial charge in [-0.05, 0) is 59.5 Å². The van der Waals surface area contributed by atoms with E-state index in [-0.39, 0.29) is 45.4 Å². The monoisotopic (exact) mass is 719 g/mol. The Kier molecular flexibility index (Phi) is 12.4. The molecular formula is C34H33Cl4N3O4S. The number of hydrogen-bond donors (Lipinski definition) is 1. The van der Waals surface area contributed by atoms with Crippen molar-refractivity contribution in [1.82, 2.24) is 10.2 Å². The molecule has 7 nitrogen and oxygen atoms in total. The normalized spacial score (nSPS) is 12.1. The van der Waals surface area contributed by atoms with Gasteiger partial charge in [0.25, 0.3) is 10.0 Å². The Hall–Kier alpha value is -3.27. The van der Waals surface area contributed by atoms with Gasteiger partial charge in [-0.3, -0.25) is 13.9 Å². The van der Waals surface area contributed by atoms with Crippen LogP contribution in [0.1, 0.15) is 25.0 Å². The molecule has 0 spiro atoms. The van der Waals surface area contributed by atoms with Gasteiger partial charge in [-0.1, -0.05) is 115 Å². The molecule has 1 unspecified atom stereocenters. The topological polar surface area (TPSA) is 86.8 Å². The fourth-order valence-corrected chi connectivity index (χ4v) is 7.14. The molecule has 0 radical (unpaired) electrons. The minimum Gasteiger partial charge on any atom is -0.354 e. The average molecular weight is 722 g/mol. The first-order chi connectivity index (χ1) is 21.8. The van der Waals surface area contributed by atoms with Crippen LogP contribution in [0.25, 0.3) is 0 Å². The third kappa shape index (κ3) is 9.39. The summed E-state index contributed by atoms with van der Waals surface area (Å²) in [5.41, 5.74) is 1.42. The number of anilines is 1. The van der Waals surface area contributed by atoms with Crippen molar-refractivity contribution in [2.75, 3.05) is 17.4 Å². The SMILES string of the molecule is CC(C)CNC(=O)C(Cc1ccccc1)N(Cc1ccc(Cl)cc1Cl)C(=O)CN(c1cc(Cl)cc(Cl)c1)S(=O)(=O)c1ccccc1. The highest BCUT2D eigenvalue weighted by Crippen LogP contribution is 2.31. The Balaban J connectivity index is 1.83. The summed E-state index contributed by atoms with van der Waals surface area (Å²) in [6, 6.07) is 25.1. The van der Waals surface area contributed by atoms with Crippen LogP contribution < -0.4 is 9.62 Å². The summed E-state index contributed by atoms with van der Waals surface area (Å²) >= 11 is 25.3. The number of nitrogens with one attached hydrogen (secondary N) is 1. The summed E-state index contributed by atoms with van der Waals surface area (Å²) in [6.07, 6.45) is 0.163. The van der Waals surface area contributed by atoms with Gasteiger partial charge in [-0.2, -0.15) is 0 Å². The first kappa shape index (κ1) is 35.6. The highest BCUT2D eigenvalue weighted by atomic mass is 35.5. The zero-order valence-corrected chi connectivity index (χ0v) is 29.0. The lowest BCUT2D eigenvalue weighted by atomic mass is 10.0. The van der Waals surface area contributed by atoms with Gasteiger partial charge in [0.2, 0.25) is 11.8 Å². The standard InChI is InChI=1S/C34H33Cl4N3O4S/c1-23(2)20-39-34(43)32(15-24-9-5-3-6-10-24)40(21-25-13-14-26(35)19-31(25)38)33(42)22-41(29-17-27(36)16-28(37)18-29)46(44,45)30-11-7-4-8-12-30/h3-14,16-19,23,32H,15,20-22H2,1-2H3,(H,39,43). The van der Waals surface area contributed by atoms with Crippen molar-refractivity contribution in [1.29, 1.82) is 0 Å². The van der Waals surface area contributed by atoms with E-state index in [1.807, 2.05) is 44.2 Å². The van der Waals surface area contributed by atoms with Crippen molar-refractivity contribution < 1.29 is 18.0 Å². The third-order valence-electron chi connectivity index (χ3n) is 7.06. The van der Waals surface area contributed by atoms with E-state index in [1.165, 1.54) is 35.2 Å². The maximum Gasteiger partial charge on any atom is 0.264 e. The number of carbonyl (C=O) groups is 2. The molecule has 12 heteroatoms. The van der Waals surface area contributed by atoms with Crippen LogP contribution in [0, 0.1) is 5.92 Å². The summed E-state index contributed by atoms with van der Waals surface area (Å²) in [4.78, 5) is 29.7. The number of halogens is 4. The molecule has 4 aromatic rings. The smallest absolute Gasteiger partial charge is 0.264 e. The summed E-state index contributed by atoms with van der Waals surface area (Å²) in [5, 5.41) is 4.01.